The lowest BCUT2D eigenvalue weighted by Crippen LogP contribution is -2.37. The molecule has 0 radical (unpaired) electrons. The van der Waals surface area contributed by atoms with Crippen LogP contribution in [-0.4, -0.2) is 31.1 Å². The van der Waals surface area contributed by atoms with Crippen LogP contribution in [0.4, 0.5) is 0 Å². The lowest BCUT2D eigenvalue weighted by Gasteiger charge is -2.14. The van der Waals surface area contributed by atoms with Crippen molar-refractivity contribution in [3.63, 3.8) is 0 Å². The number of pyridine rings is 1. The quantitative estimate of drug-likeness (QED) is 0.270. The van der Waals surface area contributed by atoms with E-state index in [4.69, 9.17) is 4.74 Å². The van der Waals surface area contributed by atoms with Gasteiger partial charge in [0.15, 0.2) is 5.96 Å². The van der Waals surface area contributed by atoms with E-state index < -0.39 is 0 Å². The zero-order chi connectivity index (χ0) is 16.2. The molecule has 0 saturated heterocycles. The summed E-state index contributed by atoms with van der Waals surface area (Å²) in [6.07, 6.45) is 5.10. The lowest BCUT2D eigenvalue weighted by atomic mass is 10.1. The SMILES string of the molecule is CCCOc1ncccc1CNC(=NC)NCCCC(C)C.I. The minimum Gasteiger partial charge on any atom is -0.477 e. The molecule has 0 saturated carbocycles. The minimum atomic E-state index is 0. The van der Waals surface area contributed by atoms with Crippen LogP contribution in [0, 0.1) is 5.92 Å². The van der Waals surface area contributed by atoms with Crippen molar-refractivity contribution in [1.29, 1.82) is 0 Å². The molecule has 0 aromatic carbocycles. The average Bonchev–Trinajstić information content (AvgIpc) is 2.52. The highest BCUT2D eigenvalue weighted by molar-refractivity contribution is 14.0. The van der Waals surface area contributed by atoms with Gasteiger partial charge in [-0.05, 0) is 31.2 Å². The molecule has 1 heterocycles. The van der Waals surface area contributed by atoms with E-state index in [1.807, 2.05) is 12.1 Å². The van der Waals surface area contributed by atoms with E-state index in [1.165, 1.54) is 6.42 Å². The number of aliphatic imine (C=N–C) groups is 1. The average molecular weight is 434 g/mol. The van der Waals surface area contributed by atoms with Crippen molar-refractivity contribution in [2.75, 3.05) is 20.2 Å². The van der Waals surface area contributed by atoms with Crippen LogP contribution in [0.1, 0.15) is 45.6 Å². The summed E-state index contributed by atoms with van der Waals surface area (Å²) in [5.74, 6) is 2.26. The fraction of sp³-hybridized carbons (Fsp3) is 0.647. The largest absolute Gasteiger partial charge is 0.477 e. The van der Waals surface area contributed by atoms with Gasteiger partial charge in [-0.15, -0.1) is 24.0 Å². The standard InChI is InChI=1S/C17H30N4O.HI/c1-5-12-22-16-15(9-7-10-19-16)13-21-17(18-4)20-11-6-8-14(2)3;/h7,9-10,14H,5-6,8,11-13H2,1-4H3,(H2,18,20,21);1H. The highest BCUT2D eigenvalue weighted by Crippen LogP contribution is 2.14. The number of nitrogens with zero attached hydrogens (tertiary/aromatic N) is 2. The van der Waals surface area contributed by atoms with Gasteiger partial charge in [-0.25, -0.2) is 4.98 Å². The summed E-state index contributed by atoms with van der Waals surface area (Å²) in [5.41, 5.74) is 1.04. The van der Waals surface area contributed by atoms with Crippen molar-refractivity contribution < 1.29 is 4.74 Å². The summed E-state index contributed by atoms with van der Waals surface area (Å²) in [6, 6.07) is 3.95. The number of guanidine groups is 1. The smallest absolute Gasteiger partial charge is 0.218 e. The molecule has 6 heteroatoms. The second kappa shape index (κ2) is 13.4. The Kier molecular flexibility index (Phi) is 12.8. The molecule has 0 bridgehead atoms. The van der Waals surface area contributed by atoms with Crippen LogP contribution in [-0.2, 0) is 6.54 Å². The molecule has 0 aliphatic rings. The predicted octanol–water partition coefficient (Wildman–Crippen LogP) is 3.59. The summed E-state index contributed by atoms with van der Waals surface area (Å²) in [4.78, 5) is 8.54. The van der Waals surface area contributed by atoms with Crippen LogP contribution in [0.5, 0.6) is 5.88 Å². The van der Waals surface area contributed by atoms with Gasteiger partial charge in [-0.2, -0.15) is 0 Å². The van der Waals surface area contributed by atoms with Gasteiger partial charge in [0.25, 0.3) is 0 Å². The maximum absolute atomic E-state index is 5.67. The topological polar surface area (TPSA) is 58.5 Å². The van der Waals surface area contributed by atoms with Crippen LogP contribution < -0.4 is 15.4 Å². The van der Waals surface area contributed by atoms with Gasteiger partial charge in [0.2, 0.25) is 5.88 Å². The van der Waals surface area contributed by atoms with Gasteiger partial charge in [0.1, 0.15) is 0 Å². The van der Waals surface area contributed by atoms with E-state index in [-0.39, 0.29) is 24.0 Å². The summed E-state index contributed by atoms with van der Waals surface area (Å²) in [5, 5.41) is 6.64. The van der Waals surface area contributed by atoms with Crippen molar-refractivity contribution in [3.05, 3.63) is 23.9 Å². The molecular weight excluding hydrogens is 403 g/mol. The number of rotatable bonds is 9. The third kappa shape index (κ3) is 9.63. The second-order valence-electron chi connectivity index (χ2n) is 5.70. The molecule has 0 atom stereocenters. The maximum Gasteiger partial charge on any atom is 0.218 e. The van der Waals surface area contributed by atoms with Crippen molar-refractivity contribution in [2.24, 2.45) is 10.9 Å². The summed E-state index contributed by atoms with van der Waals surface area (Å²) < 4.78 is 5.67. The molecule has 5 nitrogen and oxygen atoms in total. The molecule has 0 aliphatic heterocycles. The van der Waals surface area contributed by atoms with Crippen molar-refractivity contribution in [3.8, 4) is 5.88 Å². The molecule has 1 aromatic heterocycles. The maximum atomic E-state index is 5.67. The van der Waals surface area contributed by atoms with Crippen molar-refractivity contribution in [2.45, 2.75) is 46.6 Å². The Bertz CT molecular complexity index is 452. The first kappa shape index (κ1) is 21.9. The van der Waals surface area contributed by atoms with E-state index in [2.05, 4.69) is 41.4 Å². The molecule has 0 fully saturated rings. The van der Waals surface area contributed by atoms with Gasteiger partial charge in [0.05, 0.1) is 6.61 Å². The Morgan fingerprint density at radius 2 is 2.13 bits per heavy atom. The van der Waals surface area contributed by atoms with E-state index in [0.717, 1.165) is 36.8 Å². The number of halogens is 1. The predicted molar refractivity (Wildman–Crippen MR) is 108 cm³/mol. The summed E-state index contributed by atoms with van der Waals surface area (Å²) in [7, 11) is 1.79. The van der Waals surface area contributed by atoms with Crippen molar-refractivity contribution in [1.82, 2.24) is 15.6 Å². The van der Waals surface area contributed by atoms with Gasteiger partial charge in [-0.1, -0.05) is 26.8 Å². The number of nitrogens with one attached hydrogen (secondary N) is 2. The fourth-order valence-electron chi connectivity index (χ4n) is 2.00. The van der Waals surface area contributed by atoms with Crippen LogP contribution >= 0.6 is 24.0 Å². The third-order valence-electron chi connectivity index (χ3n) is 3.21. The van der Waals surface area contributed by atoms with Gasteiger partial charge in [0, 0.05) is 31.9 Å². The van der Waals surface area contributed by atoms with E-state index in [0.29, 0.717) is 19.0 Å². The molecular formula is C17H31IN4O. The van der Waals surface area contributed by atoms with E-state index >= 15 is 0 Å². The Morgan fingerprint density at radius 3 is 2.78 bits per heavy atom. The molecule has 1 rings (SSSR count). The number of hydrogen-bond donors (Lipinski definition) is 2. The summed E-state index contributed by atoms with van der Waals surface area (Å²) in [6.45, 7) is 8.84. The number of hydrogen-bond acceptors (Lipinski definition) is 3. The molecule has 0 aliphatic carbocycles. The summed E-state index contributed by atoms with van der Waals surface area (Å²) >= 11 is 0. The van der Waals surface area contributed by atoms with Gasteiger partial charge < -0.3 is 15.4 Å². The zero-order valence-electron chi connectivity index (χ0n) is 14.8. The van der Waals surface area contributed by atoms with Gasteiger partial charge in [-0.3, -0.25) is 4.99 Å². The van der Waals surface area contributed by atoms with Crippen molar-refractivity contribution >= 4 is 29.9 Å². The first-order valence-corrected chi connectivity index (χ1v) is 8.18. The molecule has 2 N–H and O–H groups in total. The number of ether oxygens (including phenoxy) is 1. The Balaban J connectivity index is 0.00000484. The molecule has 132 valence electrons. The first-order chi connectivity index (χ1) is 10.7. The Hall–Kier alpha value is -1.05. The lowest BCUT2D eigenvalue weighted by molar-refractivity contribution is 0.301. The molecule has 0 spiro atoms. The molecule has 23 heavy (non-hydrogen) atoms. The first-order valence-electron chi connectivity index (χ1n) is 8.18. The molecule has 1 aromatic rings. The van der Waals surface area contributed by atoms with Crippen LogP contribution in [0.25, 0.3) is 0 Å². The molecule has 0 amide bonds. The van der Waals surface area contributed by atoms with E-state index in [1.54, 1.807) is 13.2 Å². The highest BCUT2D eigenvalue weighted by atomic mass is 127. The Labute approximate surface area is 157 Å². The third-order valence-corrected chi connectivity index (χ3v) is 3.21. The van der Waals surface area contributed by atoms with Crippen LogP contribution in [0.2, 0.25) is 0 Å². The minimum absolute atomic E-state index is 0. The van der Waals surface area contributed by atoms with Gasteiger partial charge >= 0.3 is 0 Å². The van der Waals surface area contributed by atoms with E-state index in [9.17, 15) is 0 Å². The van der Waals surface area contributed by atoms with Crippen LogP contribution in [0.3, 0.4) is 0 Å². The molecule has 0 unspecified atom stereocenters. The van der Waals surface area contributed by atoms with Crippen LogP contribution in [0.15, 0.2) is 23.3 Å². The zero-order valence-corrected chi connectivity index (χ0v) is 17.1. The fourth-order valence-corrected chi connectivity index (χ4v) is 2.00. The Morgan fingerprint density at radius 1 is 1.35 bits per heavy atom. The monoisotopic (exact) mass is 434 g/mol. The number of aromatic nitrogens is 1. The second-order valence-corrected chi connectivity index (χ2v) is 5.70. The normalized spacial score (nSPS) is 11.1. The highest BCUT2D eigenvalue weighted by Gasteiger charge is 2.05.